The molecule has 1 rings (SSSR count). The van der Waals surface area contributed by atoms with Crippen LogP contribution >= 0.6 is 47.8 Å². The molecule has 0 aromatic heterocycles. The van der Waals surface area contributed by atoms with Crippen molar-refractivity contribution in [2.75, 3.05) is 13.6 Å². The molecular weight excluding hydrogens is 450 g/mol. The van der Waals surface area contributed by atoms with Crippen LogP contribution in [-0.4, -0.2) is 31.1 Å². The van der Waals surface area contributed by atoms with Crippen LogP contribution in [0, 0.1) is 6.92 Å². The molecule has 0 heterocycles. The number of sulfonamides is 1. The lowest BCUT2D eigenvalue weighted by atomic mass is 10.2. The van der Waals surface area contributed by atoms with Gasteiger partial charge in [-0.25, -0.2) is 8.42 Å². The number of alkyl halides is 1. The minimum Gasteiger partial charge on any atom is -0.207 e. The van der Waals surface area contributed by atoms with Gasteiger partial charge < -0.3 is 0 Å². The summed E-state index contributed by atoms with van der Waals surface area (Å²) in [6.07, 6.45) is 0. The third kappa shape index (κ3) is 3.79. The molecule has 18 heavy (non-hydrogen) atoms. The molecule has 0 aliphatic rings. The first-order valence-corrected chi connectivity index (χ1v) is 9.16. The Labute approximate surface area is 133 Å². The molecule has 0 amide bonds. The normalized spacial score (nSPS) is 13.9. The highest BCUT2D eigenvalue weighted by Crippen LogP contribution is 2.30. The van der Waals surface area contributed by atoms with Crippen molar-refractivity contribution < 1.29 is 8.42 Å². The van der Waals surface area contributed by atoms with Crippen molar-refractivity contribution in [1.82, 2.24) is 4.31 Å². The number of aryl methyl sites for hydroxylation is 1. The molecule has 1 aromatic rings. The van der Waals surface area contributed by atoms with Crippen molar-refractivity contribution in [2.45, 2.75) is 23.6 Å². The van der Waals surface area contributed by atoms with Gasteiger partial charge in [0.15, 0.2) is 0 Å². The van der Waals surface area contributed by atoms with E-state index in [1.54, 1.807) is 19.2 Å². The van der Waals surface area contributed by atoms with Crippen LogP contribution in [0.4, 0.5) is 0 Å². The molecule has 7 heteroatoms. The van der Waals surface area contributed by atoms with Crippen LogP contribution in [0.15, 0.2) is 26.0 Å². The average Bonchev–Trinajstić information content (AvgIpc) is 2.22. The Hall–Kier alpha value is 0.570. The molecule has 1 atom stereocenters. The van der Waals surface area contributed by atoms with Gasteiger partial charge in [-0.05, 0) is 40.5 Å². The van der Waals surface area contributed by atoms with E-state index in [4.69, 9.17) is 0 Å². The number of hydrogen-bond donors (Lipinski definition) is 0. The molecule has 0 bridgehead atoms. The lowest BCUT2D eigenvalue weighted by Gasteiger charge is -2.19. The van der Waals surface area contributed by atoms with Crippen molar-refractivity contribution in [1.29, 1.82) is 0 Å². The molecule has 0 fully saturated rings. The highest BCUT2D eigenvalue weighted by molar-refractivity contribution is 9.11. The minimum atomic E-state index is -3.48. The molecular formula is C11H14Br3NO2S. The van der Waals surface area contributed by atoms with E-state index in [2.05, 4.69) is 47.8 Å². The van der Waals surface area contributed by atoms with Crippen LogP contribution in [0.25, 0.3) is 0 Å². The van der Waals surface area contributed by atoms with E-state index in [0.29, 0.717) is 11.0 Å². The Bertz CT molecular complexity index is 543. The number of hydrogen-bond acceptors (Lipinski definition) is 2. The maximum Gasteiger partial charge on any atom is 0.244 e. The summed E-state index contributed by atoms with van der Waals surface area (Å²) in [5.41, 5.74) is 0.984. The van der Waals surface area contributed by atoms with Gasteiger partial charge in [-0.2, -0.15) is 4.31 Å². The molecule has 0 aliphatic heterocycles. The van der Waals surface area contributed by atoms with Crippen LogP contribution in [0.3, 0.4) is 0 Å². The molecule has 1 unspecified atom stereocenters. The highest BCUT2D eigenvalue weighted by atomic mass is 79.9. The zero-order chi connectivity index (χ0) is 14.1. The van der Waals surface area contributed by atoms with Gasteiger partial charge in [0.05, 0.1) is 4.90 Å². The van der Waals surface area contributed by atoms with Gasteiger partial charge in [0.25, 0.3) is 0 Å². The van der Waals surface area contributed by atoms with E-state index in [0.717, 1.165) is 10.0 Å². The molecule has 102 valence electrons. The highest BCUT2D eigenvalue weighted by Gasteiger charge is 2.24. The van der Waals surface area contributed by atoms with Crippen molar-refractivity contribution >= 4 is 57.8 Å². The van der Waals surface area contributed by atoms with E-state index in [-0.39, 0.29) is 9.72 Å². The monoisotopic (exact) mass is 461 g/mol. The molecule has 0 N–H and O–H groups in total. The van der Waals surface area contributed by atoms with E-state index in [1.807, 2.05) is 13.8 Å². The van der Waals surface area contributed by atoms with Gasteiger partial charge in [0.2, 0.25) is 10.0 Å². The Kier molecular flexibility index (Phi) is 5.86. The van der Waals surface area contributed by atoms with Crippen LogP contribution in [0.5, 0.6) is 0 Å². The second-order valence-corrected chi connectivity index (χ2v) is 9.38. The van der Waals surface area contributed by atoms with Gasteiger partial charge in [-0.1, -0.05) is 38.8 Å². The third-order valence-electron chi connectivity index (χ3n) is 2.41. The van der Waals surface area contributed by atoms with Crippen molar-refractivity contribution in [3.05, 3.63) is 26.6 Å². The zero-order valence-corrected chi connectivity index (χ0v) is 15.8. The summed E-state index contributed by atoms with van der Waals surface area (Å²) < 4.78 is 27.5. The van der Waals surface area contributed by atoms with E-state index in [1.165, 1.54) is 4.31 Å². The third-order valence-corrected chi connectivity index (χ3v) is 6.34. The second kappa shape index (κ2) is 6.35. The number of nitrogens with zero attached hydrogens (tertiary/aromatic N) is 1. The van der Waals surface area contributed by atoms with Gasteiger partial charge in [0.1, 0.15) is 0 Å². The molecule has 0 saturated carbocycles. The lowest BCUT2D eigenvalue weighted by molar-refractivity contribution is 0.473. The Morgan fingerprint density at radius 1 is 1.28 bits per heavy atom. The standard InChI is InChI=1S/C11H14Br3NO2S/c1-7-4-10(14)11(5-9(7)13)18(16,17)15(3)6-8(2)12/h4-5,8H,6H2,1-3H3. The van der Waals surface area contributed by atoms with E-state index >= 15 is 0 Å². The zero-order valence-electron chi connectivity index (χ0n) is 10.2. The first-order valence-electron chi connectivity index (χ1n) is 5.22. The predicted octanol–water partition coefficient (Wildman–Crippen LogP) is 3.92. The summed E-state index contributed by atoms with van der Waals surface area (Å²) in [4.78, 5) is 0.376. The summed E-state index contributed by atoms with van der Waals surface area (Å²) in [5.74, 6) is 0. The molecule has 0 spiro atoms. The van der Waals surface area contributed by atoms with Gasteiger partial charge in [-0.3, -0.25) is 0 Å². The quantitative estimate of drug-likeness (QED) is 0.634. The fourth-order valence-electron chi connectivity index (χ4n) is 1.45. The Morgan fingerprint density at radius 2 is 1.83 bits per heavy atom. The summed E-state index contributed by atoms with van der Waals surface area (Å²) in [7, 11) is -1.90. The molecule has 3 nitrogen and oxygen atoms in total. The van der Waals surface area contributed by atoms with Crippen LogP contribution in [-0.2, 0) is 10.0 Å². The first-order chi connectivity index (χ1) is 8.16. The summed E-state index contributed by atoms with van der Waals surface area (Å²) >= 11 is 10.0. The minimum absolute atomic E-state index is 0.102. The van der Waals surface area contributed by atoms with Crippen LogP contribution < -0.4 is 0 Å². The largest absolute Gasteiger partial charge is 0.244 e. The van der Waals surface area contributed by atoms with E-state index < -0.39 is 10.0 Å². The van der Waals surface area contributed by atoms with Crippen molar-refractivity contribution in [2.24, 2.45) is 0 Å². The maximum atomic E-state index is 12.4. The number of rotatable bonds is 4. The van der Waals surface area contributed by atoms with Gasteiger partial charge in [-0.15, -0.1) is 0 Å². The summed E-state index contributed by atoms with van der Waals surface area (Å²) in [6.45, 7) is 4.24. The molecule has 0 saturated heterocycles. The Balaban J connectivity index is 3.24. The van der Waals surface area contributed by atoms with Crippen LogP contribution in [0.2, 0.25) is 0 Å². The molecule has 0 aliphatic carbocycles. The lowest BCUT2D eigenvalue weighted by Crippen LogP contribution is -2.31. The number of halogens is 3. The van der Waals surface area contributed by atoms with Crippen molar-refractivity contribution in [3.8, 4) is 0 Å². The second-order valence-electron chi connectivity index (χ2n) is 4.10. The summed E-state index contributed by atoms with van der Waals surface area (Å²) in [5, 5.41) is 0. The number of benzene rings is 1. The smallest absolute Gasteiger partial charge is 0.207 e. The SMILES string of the molecule is Cc1cc(Br)c(S(=O)(=O)N(C)CC(C)Br)cc1Br. The first kappa shape index (κ1) is 16.6. The molecule has 0 radical (unpaired) electrons. The van der Waals surface area contributed by atoms with Gasteiger partial charge >= 0.3 is 0 Å². The fourth-order valence-corrected chi connectivity index (χ4v) is 4.97. The molecule has 1 aromatic carbocycles. The summed E-state index contributed by atoms with van der Waals surface area (Å²) in [6, 6.07) is 3.42. The Morgan fingerprint density at radius 3 is 2.33 bits per heavy atom. The maximum absolute atomic E-state index is 12.4. The average molecular weight is 464 g/mol. The van der Waals surface area contributed by atoms with Gasteiger partial charge in [0, 0.05) is 27.4 Å². The van der Waals surface area contributed by atoms with Crippen molar-refractivity contribution in [3.63, 3.8) is 0 Å². The van der Waals surface area contributed by atoms with Crippen LogP contribution in [0.1, 0.15) is 12.5 Å². The predicted molar refractivity (Wildman–Crippen MR) is 84.8 cm³/mol. The van der Waals surface area contributed by atoms with E-state index in [9.17, 15) is 8.42 Å². The fraction of sp³-hybridized carbons (Fsp3) is 0.455. The topological polar surface area (TPSA) is 37.4 Å².